The molecule has 2 aromatic heterocycles. The molecule has 0 atom stereocenters. The second-order valence-corrected chi connectivity index (χ2v) is 9.50. The molecule has 0 fully saturated rings. The fourth-order valence-electron chi connectivity index (χ4n) is 4.76. The van der Waals surface area contributed by atoms with Gasteiger partial charge in [0.2, 0.25) is 5.71 Å². The van der Waals surface area contributed by atoms with E-state index in [4.69, 9.17) is 4.42 Å². The Morgan fingerprint density at radius 3 is 2.19 bits per heavy atom. The zero-order valence-electron chi connectivity index (χ0n) is 22.5. The number of nitrogens with one attached hydrogen (secondary N) is 3. The van der Waals surface area contributed by atoms with E-state index in [1.165, 1.54) is 12.4 Å². The maximum atomic E-state index is 12.4. The molecule has 3 N–H and O–H groups in total. The van der Waals surface area contributed by atoms with E-state index in [2.05, 4.69) is 43.2 Å². The van der Waals surface area contributed by atoms with Gasteiger partial charge in [-0.25, -0.2) is 14.8 Å². The topological polar surface area (TPSA) is 122 Å². The standard InChI is InChI=1S/C33H26N6O3/c40-33(38-26-13-7-8-14-27(26)39-41)37-25-17-15-22(16-18-25)19-20-34-31-29-28(23-9-3-1-4-10-23)30(24-11-5-2-6-12-24)42-32(29)36-21-35-31/h1-18,21H,19-20H2,(H,34,35,36)(H2,37,38,40). The molecule has 0 saturated heterocycles. The van der Waals surface area contributed by atoms with Crippen molar-refractivity contribution in [2.24, 2.45) is 5.18 Å². The Morgan fingerprint density at radius 2 is 1.45 bits per heavy atom. The smallest absolute Gasteiger partial charge is 0.323 e. The molecule has 6 aromatic rings. The van der Waals surface area contributed by atoms with Crippen LogP contribution in [-0.2, 0) is 6.42 Å². The normalized spacial score (nSPS) is 10.8. The molecule has 206 valence electrons. The third kappa shape index (κ3) is 5.71. The number of para-hydroxylation sites is 1. The highest BCUT2D eigenvalue weighted by Crippen LogP contribution is 2.42. The lowest BCUT2D eigenvalue weighted by molar-refractivity contribution is 0.262. The van der Waals surface area contributed by atoms with Crippen LogP contribution in [0.25, 0.3) is 33.6 Å². The fourth-order valence-corrected chi connectivity index (χ4v) is 4.76. The highest BCUT2D eigenvalue weighted by Gasteiger charge is 2.21. The minimum Gasteiger partial charge on any atom is -0.437 e. The first-order valence-corrected chi connectivity index (χ1v) is 13.4. The van der Waals surface area contributed by atoms with Gasteiger partial charge in [-0.1, -0.05) is 84.9 Å². The predicted octanol–water partition coefficient (Wildman–Crippen LogP) is 8.25. The zero-order valence-corrected chi connectivity index (χ0v) is 22.5. The number of aromatic nitrogens is 2. The van der Waals surface area contributed by atoms with Crippen LogP contribution in [0.2, 0.25) is 0 Å². The SMILES string of the molecule is O=Nc1ccccc1NC(=O)Nc1ccc(CCNc2ncnc3oc(-c4ccccc4)c(-c4ccccc4)c23)cc1. The molecule has 0 bridgehead atoms. The molecule has 0 saturated carbocycles. The Labute approximate surface area is 241 Å². The van der Waals surface area contributed by atoms with E-state index in [0.717, 1.165) is 39.8 Å². The number of furan rings is 1. The number of nitrogens with zero attached hydrogens (tertiary/aromatic N) is 3. The summed E-state index contributed by atoms with van der Waals surface area (Å²) in [7, 11) is 0. The van der Waals surface area contributed by atoms with E-state index >= 15 is 0 Å². The van der Waals surface area contributed by atoms with Gasteiger partial charge in [-0.3, -0.25) is 0 Å². The molecule has 9 nitrogen and oxygen atoms in total. The van der Waals surface area contributed by atoms with Crippen molar-refractivity contribution >= 4 is 40.0 Å². The van der Waals surface area contributed by atoms with Crippen LogP contribution in [0.3, 0.4) is 0 Å². The van der Waals surface area contributed by atoms with Crippen molar-refractivity contribution in [3.05, 3.63) is 126 Å². The average Bonchev–Trinajstić information content (AvgIpc) is 3.44. The lowest BCUT2D eigenvalue weighted by Crippen LogP contribution is -2.19. The summed E-state index contributed by atoms with van der Waals surface area (Å²) in [6.45, 7) is 0.620. The van der Waals surface area contributed by atoms with Crippen LogP contribution in [0.5, 0.6) is 0 Å². The summed E-state index contributed by atoms with van der Waals surface area (Å²) in [5.41, 5.74) is 5.66. The summed E-state index contributed by atoms with van der Waals surface area (Å²) < 4.78 is 6.29. The van der Waals surface area contributed by atoms with E-state index in [9.17, 15) is 9.70 Å². The van der Waals surface area contributed by atoms with E-state index in [0.29, 0.717) is 29.5 Å². The molecule has 4 aromatic carbocycles. The highest BCUT2D eigenvalue weighted by molar-refractivity contribution is 6.06. The Kier molecular flexibility index (Phi) is 7.63. The Balaban J connectivity index is 1.16. The molecule has 0 spiro atoms. The van der Waals surface area contributed by atoms with Crippen molar-refractivity contribution in [3.8, 4) is 22.5 Å². The van der Waals surface area contributed by atoms with Gasteiger partial charge in [-0.05, 0) is 47.0 Å². The number of hydrogen-bond donors (Lipinski definition) is 3. The molecule has 0 aliphatic rings. The molecule has 0 aliphatic heterocycles. The molecular formula is C33H26N6O3. The monoisotopic (exact) mass is 554 g/mol. The summed E-state index contributed by atoms with van der Waals surface area (Å²) in [5, 5.41) is 12.7. The molecule has 0 unspecified atom stereocenters. The largest absolute Gasteiger partial charge is 0.437 e. The lowest BCUT2D eigenvalue weighted by Gasteiger charge is -2.10. The van der Waals surface area contributed by atoms with Crippen molar-refractivity contribution in [3.63, 3.8) is 0 Å². The van der Waals surface area contributed by atoms with Gasteiger partial charge < -0.3 is 20.4 Å². The lowest BCUT2D eigenvalue weighted by atomic mass is 9.99. The number of amides is 2. The van der Waals surface area contributed by atoms with Crippen molar-refractivity contribution in [2.75, 3.05) is 22.5 Å². The maximum Gasteiger partial charge on any atom is 0.323 e. The van der Waals surface area contributed by atoms with Gasteiger partial charge in [-0.15, -0.1) is 4.91 Å². The number of fused-ring (bicyclic) bond motifs is 1. The van der Waals surface area contributed by atoms with Crippen molar-refractivity contribution in [2.45, 2.75) is 6.42 Å². The van der Waals surface area contributed by atoms with Gasteiger partial charge in [0.1, 0.15) is 23.6 Å². The Morgan fingerprint density at radius 1 is 0.762 bits per heavy atom. The zero-order chi connectivity index (χ0) is 28.7. The molecule has 9 heteroatoms. The van der Waals surface area contributed by atoms with Crippen LogP contribution >= 0.6 is 0 Å². The van der Waals surface area contributed by atoms with Crippen molar-refractivity contribution < 1.29 is 9.21 Å². The van der Waals surface area contributed by atoms with Gasteiger partial charge in [-0.2, -0.15) is 0 Å². The minimum absolute atomic E-state index is 0.166. The first-order valence-electron chi connectivity index (χ1n) is 13.4. The fraction of sp³-hybridized carbons (Fsp3) is 0.0606. The van der Waals surface area contributed by atoms with E-state index in [1.54, 1.807) is 18.2 Å². The van der Waals surface area contributed by atoms with Crippen LogP contribution in [0.4, 0.5) is 27.7 Å². The van der Waals surface area contributed by atoms with Gasteiger partial charge >= 0.3 is 6.03 Å². The number of nitroso groups, excluding NO2 is 1. The number of anilines is 3. The summed E-state index contributed by atoms with van der Waals surface area (Å²) >= 11 is 0. The van der Waals surface area contributed by atoms with Gasteiger partial charge in [0.25, 0.3) is 0 Å². The molecule has 0 aliphatic carbocycles. The molecular weight excluding hydrogens is 528 g/mol. The van der Waals surface area contributed by atoms with Crippen molar-refractivity contribution in [1.29, 1.82) is 0 Å². The third-order valence-corrected chi connectivity index (χ3v) is 6.76. The summed E-state index contributed by atoms with van der Waals surface area (Å²) in [4.78, 5) is 32.3. The van der Waals surface area contributed by atoms with Gasteiger partial charge in [0.15, 0.2) is 0 Å². The summed E-state index contributed by atoms with van der Waals surface area (Å²) in [5.74, 6) is 1.45. The number of carbonyl (C=O) groups excluding carboxylic acids is 1. The number of benzene rings is 4. The van der Waals surface area contributed by atoms with Crippen LogP contribution in [0.1, 0.15) is 5.56 Å². The van der Waals surface area contributed by atoms with Gasteiger partial charge in [0, 0.05) is 23.4 Å². The Hall–Kier alpha value is -5.83. The Bertz CT molecular complexity index is 1840. The number of rotatable bonds is 9. The quantitative estimate of drug-likeness (QED) is 0.155. The second-order valence-electron chi connectivity index (χ2n) is 9.50. The highest BCUT2D eigenvalue weighted by atomic mass is 16.3. The molecule has 0 radical (unpaired) electrons. The summed E-state index contributed by atoms with van der Waals surface area (Å²) in [6, 6.07) is 33.8. The van der Waals surface area contributed by atoms with Crippen molar-refractivity contribution in [1.82, 2.24) is 9.97 Å². The third-order valence-electron chi connectivity index (χ3n) is 6.76. The molecule has 2 amide bonds. The number of urea groups is 1. The van der Waals surface area contributed by atoms with Crippen LogP contribution in [-0.4, -0.2) is 22.5 Å². The minimum atomic E-state index is -0.461. The van der Waals surface area contributed by atoms with E-state index in [-0.39, 0.29) is 5.69 Å². The average molecular weight is 555 g/mol. The number of hydrogen-bond acceptors (Lipinski definition) is 7. The first-order chi connectivity index (χ1) is 20.7. The predicted molar refractivity (Wildman–Crippen MR) is 166 cm³/mol. The maximum absolute atomic E-state index is 12.4. The first kappa shape index (κ1) is 26.4. The van der Waals surface area contributed by atoms with E-state index in [1.807, 2.05) is 72.8 Å². The van der Waals surface area contributed by atoms with E-state index < -0.39 is 6.03 Å². The molecule has 42 heavy (non-hydrogen) atoms. The molecule has 2 heterocycles. The summed E-state index contributed by atoms with van der Waals surface area (Å²) in [6.07, 6.45) is 2.23. The molecule has 6 rings (SSSR count). The van der Waals surface area contributed by atoms with Crippen LogP contribution in [0.15, 0.2) is 125 Å². The van der Waals surface area contributed by atoms with Crippen LogP contribution in [0, 0.1) is 4.91 Å². The van der Waals surface area contributed by atoms with Gasteiger partial charge in [0.05, 0.1) is 11.1 Å². The second kappa shape index (κ2) is 12.1. The van der Waals surface area contributed by atoms with Crippen LogP contribution < -0.4 is 16.0 Å². The number of carbonyl (C=O) groups is 1.